The highest BCUT2D eigenvalue weighted by molar-refractivity contribution is 5.99. The van der Waals surface area contributed by atoms with E-state index in [9.17, 15) is 23.9 Å². The second-order valence-electron chi connectivity index (χ2n) is 7.88. The van der Waals surface area contributed by atoms with Crippen LogP contribution in [0.25, 0.3) is 0 Å². The maximum Gasteiger partial charge on any atom is 0.334 e. The molecule has 1 aliphatic rings. The maximum atomic E-state index is 13.4. The normalized spacial score (nSPS) is 16.7. The van der Waals surface area contributed by atoms with E-state index in [2.05, 4.69) is 20.6 Å². The van der Waals surface area contributed by atoms with E-state index in [0.29, 0.717) is 23.1 Å². The Morgan fingerprint density at radius 3 is 2.52 bits per heavy atom. The molecule has 168 valence electrons. The summed E-state index contributed by atoms with van der Waals surface area (Å²) >= 11 is 0. The van der Waals surface area contributed by atoms with Crippen LogP contribution in [0.5, 0.6) is 0 Å². The Morgan fingerprint density at radius 1 is 1.06 bits per heavy atom. The van der Waals surface area contributed by atoms with Gasteiger partial charge in [-0.1, -0.05) is 36.4 Å². The van der Waals surface area contributed by atoms with Gasteiger partial charge in [-0.25, -0.2) is 19.2 Å². The molecule has 0 saturated carbocycles. The molecule has 0 radical (unpaired) electrons. The minimum Gasteiger partial charge on any atom is -0.479 e. The third-order valence-corrected chi connectivity index (χ3v) is 5.75. The lowest BCUT2D eigenvalue weighted by molar-refractivity contribution is -0.144. The Kier molecular flexibility index (Phi) is 5.87. The topological polar surface area (TPSA) is 121 Å². The van der Waals surface area contributed by atoms with Gasteiger partial charge >= 0.3 is 5.97 Å². The zero-order valence-corrected chi connectivity index (χ0v) is 17.8. The van der Waals surface area contributed by atoms with Crippen LogP contribution >= 0.6 is 0 Å². The van der Waals surface area contributed by atoms with Crippen LogP contribution in [-0.4, -0.2) is 32.9 Å². The zero-order valence-electron chi connectivity index (χ0n) is 17.8. The summed E-state index contributed by atoms with van der Waals surface area (Å²) in [6.07, 6.45) is 1.80. The summed E-state index contributed by atoms with van der Waals surface area (Å²) in [5.74, 6) is -2.77. The van der Waals surface area contributed by atoms with Crippen molar-refractivity contribution in [2.75, 3.05) is 0 Å². The molecule has 0 unspecified atom stereocenters. The van der Waals surface area contributed by atoms with E-state index in [1.165, 1.54) is 12.1 Å². The first-order valence-corrected chi connectivity index (χ1v) is 10.3. The Labute approximate surface area is 188 Å². The van der Waals surface area contributed by atoms with E-state index in [1.54, 1.807) is 31.2 Å². The van der Waals surface area contributed by atoms with E-state index in [0.717, 1.165) is 11.9 Å². The summed E-state index contributed by atoms with van der Waals surface area (Å²) in [4.78, 5) is 45.4. The van der Waals surface area contributed by atoms with Crippen molar-refractivity contribution in [3.05, 3.63) is 94.3 Å². The average Bonchev–Trinajstić information content (AvgIpc) is 3.19. The quantitative estimate of drug-likeness (QED) is 0.533. The van der Waals surface area contributed by atoms with Gasteiger partial charge in [0.25, 0.3) is 11.8 Å². The van der Waals surface area contributed by atoms with Crippen molar-refractivity contribution in [2.45, 2.75) is 31.8 Å². The summed E-state index contributed by atoms with van der Waals surface area (Å²) < 4.78 is 13.4. The first kappa shape index (κ1) is 22.1. The van der Waals surface area contributed by atoms with Crippen molar-refractivity contribution in [2.24, 2.45) is 0 Å². The van der Waals surface area contributed by atoms with E-state index >= 15 is 0 Å². The summed E-state index contributed by atoms with van der Waals surface area (Å²) in [5.41, 5.74) is 0.817. The molecule has 0 aliphatic heterocycles. The molecular formula is C24H21FN4O4. The molecular weight excluding hydrogens is 427 g/mol. The summed E-state index contributed by atoms with van der Waals surface area (Å²) in [7, 11) is 0. The monoisotopic (exact) mass is 448 g/mol. The Balaban J connectivity index is 1.50. The fourth-order valence-electron chi connectivity index (χ4n) is 3.97. The van der Waals surface area contributed by atoms with E-state index in [4.69, 9.17) is 0 Å². The molecule has 2 amide bonds. The molecule has 0 spiro atoms. The fraction of sp³-hybridized carbons (Fsp3) is 0.208. The number of aromatic nitrogens is 2. The smallest absolute Gasteiger partial charge is 0.334 e. The minimum atomic E-state index is -1.57. The molecule has 0 fully saturated rings. The molecule has 33 heavy (non-hydrogen) atoms. The van der Waals surface area contributed by atoms with Gasteiger partial charge in [0.1, 0.15) is 23.5 Å². The van der Waals surface area contributed by atoms with Crippen LogP contribution in [0, 0.1) is 12.7 Å². The predicted octanol–water partition coefficient (Wildman–Crippen LogP) is 2.51. The predicted molar refractivity (Wildman–Crippen MR) is 116 cm³/mol. The standard InChI is InChI=1S/C24H21FN4O4/c1-14-10-15(6-7-18(14)25)12-26-21(30)19-11-20(28-13-27-19)22(31)29-24(23(32)33)9-8-16-4-2-3-5-17(16)24/h2-7,10-11,13H,8-9,12H2,1H3,(H,26,30)(H,29,31)(H,32,33)/t24-/m0/s1. The van der Waals surface area contributed by atoms with Crippen LogP contribution < -0.4 is 10.6 Å². The third-order valence-electron chi connectivity index (χ3n) is 5.75. The molecule has 3 N–H and O–H groups in total. The molecule has 9 heteroatoms. The second kappa shape index (κ2) is 8.78. The number of amides is 2. The van der Waals surface area contributed by atoms with Crippen molar-refractivity contribution in [3.8, 4) is 0 Å². The van der Waals surface area contributed by atoms with Crippen LogP contribution in [0.3, 0.4) is 0 Å². The Hall–Kier alpha value is -4.14. The highest BCUT2D eigenvalue weighted by Crippen LogP contribution is 2.37. The van der Waals surface area contributed by atoms with Crippen LogP contribution in [0.2, 0.25) is 0 Å². The number of hydrogen-bond donors (Lipinski definition) is 3. The molecule has 2 aromatic carbocycles. The molecule has 3 aromatic rings. The SMILES string of the molecule is Cc1cc(CNC(=O)c2cc(C(=O)N[C@@]3(C(=O)O)CCc4ccccc43)ncn2)ccc1F. The molecule has 1 atom stereocenters. The zero-order chi connectivity index (χ0) is 23.6. The minimum absolute atomic E-state index is 0.0508. The third kappa shape index (κ3) is 4.30. The highest BCUT2D eigenvalue weighted by atomic mass is 19.1. The summed E-state index contributed by atoms with van der Waals surface area (Å²) in [6, 6.07) is 12.8. The first-order valence-electron chi connectivity index (χ1n) is 10.3. The van der Waals surface area contributed by atoms with Crippen LogP contribution in [0.1, 0.15) is 49.7 Å². The Morgan fingerprint density at radius 2 is 1.79 bits per heavy atom. The van der Waals surface area contributed by atoms with Gasteiger partial charge in [-0.3, -0.25) is 9.59 Å². The van der Waals surface area contributed by atoms with Gasteiger partial charge in [0.15, 0.2) is 5.54 Å². The average molecular weight is 448 g/mol. The highest BCUT2D eigenvalue weighted by Gasteiger charge is 2.47. The number of carbonyl (C=O) groups excluding carboxylic acids is 2. The Bertz CT molecular complexity index is 1260. The second-order valence-corrected chi connectivity index (χ2v) is 7.88. The number of benzene rings is 2. The molecule has 1 aromatic heterocycles. The number of aliphatic carboxylic acids is 1. The van der Waals surface area contributed by atoms with Crippen molar-refractivity contribution < 1.29 is 23.9 Å². The van der Waals surface area contributed by atoms with Gasteiger partial charge in [-0.2, -0.15) is 0 Å². The number of hydrogen-bond acceptors (Lipinski definition) is 5. The number of halogens is 1. The maximum absolute atomic E-state index is 13.4. The lowest BCUT2D eigenvalue weighted by Crippen LogP contribution is -2.50. The number of carboxylic acid groups (broad SMARTS) is 1. The molecule has 4 rings (SSSR count). The number of rotatable bonds is 6. The molecule has 1 heterocycles. The van der Waals surface area contributed by atoms with Gasteiger partial charge in [0.05, 0.1) is 0 Å². The molecule has 8 nitrogen and oxygen atoms in total. The van der Waals surface area contributed by atoms with Crippen molar-refractivity contribution >= 4 is 17.8 Å². The van der Waals surface area contributed by atoms with Gasteiger partial charge in [0.2, 0.25) is 0 Å². The number of carbonyl (C=O) groups is 3. The van der Waals surface area contributed by atoms with Crippen molar-refractivity contribution in [3.63, 3.8) is 0 Å². The number of aryl methyl sites for hydroxylation is 2. The van der Waals surface area contributed by atoms with Gasteiger partial charge < -0.3 is 15.7 Å². The van der Waals surface area contributed by atoms with Crippen molar-refractivity contribution in [1.29, 1.82) is 0 Å². The summed E-state index contributed by atoms with van der Waals surface area (Å²) in [5, 5.41) is 15.2. The molecule has 1 aliphatic carbocycles. The number of carboxylic acids is 1. The lowest BCUT2D eigenvalue weighted by atomic mass is 9.91. The van der Waals surface area contributed by atoms with Gasteiger partial charge in [0, 0.05) is 12.6 Å². The van der Waals surface area contributed by atoms with E-state index < -0.39 is 23.3 Å². The molecule has 0 saturated heterocycles. The lowest BCUT2D eigenvalue weighted by Gasteiger charge is -2.26. The van der Waals surface area contributed by atoms with E-state index in [-0.39, 0.29) is 30.2 Å². The number of fused-ring (bicyclic) bond motifs is 1. The van der Waals surface area contributed by atoms with E-state index in [1.807, 2.05) is 12.1 Å². The fourth-order valence-corrected chi connectivity index (χ4v) is 3.97. The largest absolute Gasteiger partial charge is 0.479 e. The number of nitrogens with one attached hydrogen (secondary N) is 2. The van der Waals surface area contributed by atoms with Crippen LogP contribution in [0.4, 0.5) is 4.39 Å². The van der Waals surface area contributed by atoms with Gasteiger partial charge in [-0.05, 0) is 48.1 Å². The first-order chi connectivity index (χ1) is 15.8. The number of nitrogens with zero attached hydrogens (tertiary/aromatic N) is 2. The molecule has 0 bridgehead atoms. The summed E-state index contributed by atoms with van der Waals surface area (Å²) in [6.45, 7) is 1.77. The van der Waals surface area contributed by atoms with Gasteiger partial charge in [-0.15, -0.1) is 0 Å². The van der Waals surface area contributed by atoms with Crippen LogP contribution in [0.15, 0.2) is 54.9 Å². The van der Waals surface area contributed by atoms with Crippen molar-refractivity contribution in [1.82, 2.24) is 20.6 Å². The van der Waals surface area contributed by atoms with Crippen LogP contribution in [-0.2, 0) is 23.3 Å².